The van der Waals surface area contributed by atoms with Gasteiger partial charge in [-0.05, 0) is 45.8 Å². The van der Waals surface area contributed by atoms with Crippen molar-refractivity contribution in [3.63, 3.8) is 0 Å². The molecule has 2 rings (SSSR count). The summed E-state index contributed by atoms with van der Waals surface area (Å²) in [6, 6.07) is 9.65. The number of hydrogen-bond acceptors (Lipinski definition) is 1. The van der Waals surface area contributed by atoms with E-state index in [1.54, 1.807) is 18.2 Å². The lowest BCUT2D eigenvalue weighted by molar-refractivity contribution is 0.583. The maximum atomic E-state index is 13.5. The average molecular weight is 391 g/mol. The Morgan fingerprint density at radius 3 is 2.42 bits per heavy atom. The van der Waals surface area contributed by atoms with Crippen LogP contribution in [0.15, 0.2) is 45.3 Å². The van der Waals surface area contributed by atoms with Gasteiger partial charge in [-0.25, -0.2) is 8.78 Å². The van der Waals surface area contributed by atoms with Gasteiger partial charge in [-0.3, -0.25) is 0 Å². The van der Waals surface area contributed by atoms with Gasteiger partial charge >= 0.3 is 0 Å². The van der Waals surface area contributed by atoms with Gasteiger partial charge in [-0.1, -0.05) is 28.1 Å². The van der Waals surface area contributed by atoms with Gasteiger partial charge in [0.1, 0.15) is 11.6 Å². The fraction of sp³-hybridized carbons (Fsp3) is 0.143. The molecule has 0 aromatic heterocycles. The summed E-state index contributed by atoms with van der Waals surface area (Å²) >= 11 is 6.50. The van der Waals surface area contributed by atoms with Crippen LogP contribution in [-0.2, 0) is 13.1 Å². The van der Waals surface area contributed by atoms with Crippen molar-refractivity contribution >= 4 is 31.9 Å². The molecule has 2 aromatic rings. The first-order valence-corrected chi connectivity index (χ1v) is 7.24. The summed E-state index contributed by atoms with van der Waals surface area (Å²) in [7, 11) is 0. The molecular weight excluding hydrogens is 380 g/mol. The molecule has 5 heteroatoms. The van der Waals surface area contributed by atoms with E-state index in [9.17, 15) is 8.78 Å². The molecule has 0 fully saturated rings. The van der Waals surface area contributed by atoms with Crippen LogP contribution in [0.2, 0.25) is 0 Å². The molecule has 0 aliphatic rings. The van der Waals surface area contributed by atoms with Crippen LogP contribution in [-0.4, -0.2) is 0 Å². The topological polar surface area (TPSA) is 12.0 Å². The van der Waals surface area contributed by atoms with Crippen molar-refractivity contribution in [2.75, 3.05) is 0 Å². The van der Waals surface area contributed by atoms with Gasteiger partial charge in [-0.15, -0.1) is 0 Å². The Hall–Kier alpha value is -0.780. The van der Waals surface area contributed by atoms with Crippen molar-refractivity contribution in [2.24, 2.45) is 0 Å². The quantitative estimate of drug-likeness (QED) is 0.792. The molecule has 2 aromatic carbocycles. The van der Waals surface area contributed by atoms with Crippen LogP contribution in [0.4, 0.5) is 8.78 Å². The van der Waals surface area contributed by atoms with Crippen molar-refractivity contribution in [2.45, 2.75) is 13.1 Å². The number of halogens is 4. The Morgan fingerprint density at radius 2 is 1.63 bits per heavy atom. The molecule has 0 amide bonds. The van der Waals surface area contributed by atoms with E-state index in [2.05, 4.69) is 37.2 Å². The summed E-state index contributed by atoms with van der Waals surface area (Å²) in [5.41, 5.74) is 1.37. The van der Waals surface area contributed by atoms with E-state index in [1.807, 2.05) is 6.07 Å². The van der Waals surface area contributed by atoms with Gasteiger partial charge in [0.15, 0.2) is 0 Å². The van der Waals surface area contributed by atoms with E-state index in [0.717, 1.165) is 10.0 Å². The Bertz CT molecular complexity index is 586. The summed E-state index contributed by atoms with van der Waals surface area (Å²) < 4.78 is 28.1. The maximum Gasteiger partial charge on any atom is 0.137 e. The zero-order valence-corrected chi connectivity index (χ0v) is 13.1. The van der Waals surface area contributed by atoms with E-state index in [1.165, 1.54) is 12.1 Å². The van der Waals surface area contributed by atoms with E-state index in [0.29, 0.717) is 23.1 Å². The maximum absolute atomic E-state index is 13.5. The first-order valence-electron chi connectivity index (χ1n) is 5.65. The minimum Gasteiger partial charge on any atom is -0.308 e. The lowest BCUT2D eigenvalue weighted by Crippen LogP contribution is -2.14. The predicted octanol–water partition coefficient (Wildman–Crippen LogP) is 4.78. The predicted molar refractivity (Wildman–Crippen MR) is 78.7 cm³/mol. The van der Waals surface area contributed by atoms with Gasteiger partial charge in [0.25, 0.3) is 0 Å². The Kier molecular flexibility index (Phi) is 5.07. The third-order valence-electron chi connectivity index (χ3n) is 2.67. The van der Waals surface area contributed by atoms with E-state index in [-0.39, 0.29) is 11.6 Å². The largest absolute Gasteiger partial charge is 0.308 e. The third kappa shape index (κ3) is 3.84. The molecule has 0 bridgehead atoms. The van der Waals surface area contributed by atoms with Crippen molar-refractivity contribution in [3.8, 4) is 0 Å². The fourth-order valence-corrected chi connectivity index (χ4v) is 2.51. The highest BCUT2D eigenvalue weighted by Gasteiger charge is 2.06. The minimum atomic E-state index is -0.298. The van der Waals surface area contributed by atoms with Crippen LogP contribution < -0.4 is 5.32 Å². The Labute approximate surface area is 127 Å². The SMILES string of the molecule is Fc1ccc(Br)cc1CNCc1cccc(F)c1Br. The van der Waals surface area contributed by atoms with Crippen LogP contribution in [0.5, 0.6) is 0 Å². The first-order chi connectivity index (χ1) is 9.08. The second kappa shape index (κ2) is 6.59. The second-order valence-electron chi connectivity index (χ2n) is 4.05. The van der Waals surface area contributed by atoms with Crippen molar-refractivity contribution in [1.82, 2.24) is 5.32 Å². The molecule has 0 saturated carbocycles. The van der Waals surface area contributed by atoms with Crippen molar-refractivity contribution < 1.29 is 8.78 Å². The number of rotatable bonds is 4. The molecule has 0 radical (unpaired) electrons. The van der Waals surface area contributed by atoms with Gasteiger partial charge in [-0.2, -0.15) is 0 Å². The van der Waals surface area contributed by atoms with Crippen LogP contribution in [0.25, 0.3) is 0 Å². The van der Waals surface area contributed by atoms with Crippen LogP contribution in [0.1, 0.15) is 11.1 Å². The van der Waals surface area contributed by atoms with Crippen molar-refractivity contribution in [1.29, 1.82) is 0 Å². The fourth-order valence-electron chi connectivity index (χ4n) is 1.70. The number of benzene rings is 2. The van der Waals surface area contributed by atoms with E-state index >= 15 is 0 Å². The lowest BCUT2D eigenvalue weighted by Gasteiger charge is -2.08. The average Bonchev–Trinajstić information content (AvgIpc) is 2.38. The summed E-state index contributed by atoms with van der Waals surface area (Å²) in [6.45, 7) is 0.846. The normalized spacial score (nSPS) is 10.7. The van der Waals surface area contributed by atoms with Gasteiger partial charge < -0.3 is 5.32 Å². The highest BCUT2D eigenvalue weighted by atomic mass is 79.9. The summed E-state index contributed by atoms with van der Waals surface area (Å²) in [6.07, 6.45) is 0. The molecule has 0 heterocycles. The summed E-state index contributed by atoms with van der Waals surface area (Å²) in [5.74, 6) is -0.554. The smallest absolute Gasteiger partial charge is 0.137 e. The minimum absolute atomic E-state index is 0.256. The van der Waals surface area contributed by atoms with Crippen LogP contribution >= 0.6 is 31.9 Å². The zero-order valence-electron chi connectivity index (χ0n) is 9.89. The molecule has 1 N–H and O–H groups in total. The molecule has 0 spiro atoms. The van der Waals surface area contributed by atoms with Crippen LogP contribution in [0, 0.1) is 11.6 Å². The lowest BCUT2D eigenvalue weighted by atomic mass is 10.2. The van der Waals surface area contributed by atoms with E-state index < -0.39 is 0 Å². The first kappa shape index (κ1) is 14.6. The molecule has 0 saturated heterocycles. The van der Waals surface area contributed by atoms with Gasteiger partial charge in [0.05, 0.1) is 4.47 Å². The third-order valence-corrected chi connectivity index (χ3v) is 4.05. The summed E-state index contributed by atoms with van der Waals surface area (Å²) in [5, 5.41) is 3.10. The van der Waals surface area contributed by atoms with Crippen LogP contribution in [0.3, 0.4) is 0 Å². The highest BCUT2D eigenvalue weighted by Crippen LogP contribution is 2.20. The molecule has 0 aliphatic carbocycles. The standard InChI is InChI=1S/C14H11Br2F2N/c15-11-4-5-12(17)10(6-11)8-19-7-9-2-1-3-13(18)14(9)16/h1-6,19H,7-8H2. The number of nitrogens with one attached hydrogen (secondary N) is 1. The zero-order chi connectivity index (χ0) is 13.8. The number of hydrogen-bond donors (Lipinski definition) is 1. The van der Waals surface area contributed by atoms with Gasteiger partial charge in [0, 0.05) is 23.1 Å². The summed E-state index contributed by atoms with van der Waals surface area (Å²) in [4.78, 5) is 0. The highest BCUT2D eigenvalue weighted by molar-refractivity contribution is 9.10. The van der Waals surface area contributed by atoms with Crippen molar-refractivity contribution in [3.05, 3.63) is 68.1 Å². The van der Waals surface area contributed by atoms with E-state index in [4.69, 9.17) is 0 Å². The molecule has 19 heavy (non-hydrogen) atoms. The molecule has 100 valence electrons. The van der Waals surface area contributed by atoms with Gasteiger partial charge in [0.2, 0.25) is 0 Å². The molecule has 0 unspecified atom stereocenters. The molecule has 0 aliphatic heterocycles. The Morgan fingerprint density at radius 1 is 0.895 bits per heavy atom. The second-order valence-corrected chi connectivity index (χ2v) is 5.76. The monoisotopic (exact) mass is 389 g/mol. The molecule has 0 atom stereocenters. The molecule has 1 nitrogen and oxygen atoms in total. The molecular formula is C14H11Br2F2N. The Balaban J connectivity index is 2.00.